The quantitative estimate of drug-likeness (QED) is 0.369. The normalized spacial score (nSPS) is 21.1. The Balaban J connectivity index is 1.70. The number of carbonyl (C=O) groups is 2. The number of carbonyl (C=O) groups excluding carboxylic acids is 2. The van der Waals surface area contributed by atoms with Gasteiger partial charge in [-0.05, 0) is 31.0 Å². The van der Waals surface area contributed by atoms with Crippen LogP contribution in [0.15, 0.2) is 48.0 Å². The average Bonchev–Trinajstić information content (AvgIpc) is 3.05. The number of aliphatic hydroxyl groups excluding tert-OH is 1. The predicted octanol–water partition coefficient (Wildman–Crippen LogP) is 4.45. The van der Waals surface area contributed by atoms with E-state index in [9.17, 15) is 14.7 Å². The summed E-state index contributed by atoms with van der Waals surface area (Å²) in [6, 6.07) is 11.3. The summed E-state index contributed by atoms with van der Waals surface area (Å²) in [5.74, 6) is -1.56. The second-order valence-electron chi connectivity index (χ2n) is 8.33. The summed E-state index contributed by atoms with van der Waals surface area (Å²) in [6.45, 7) is 6.16. The van der Waals surface area contributed by atoms with Crippen molar-refractivity contribution >= 4 is 40.7 Å². The van der Waals surface area contributed by atoms with Crippen molar-refractivity contribution in [1.82, 2.24) is 9.80 Å². The van der Waals surface area contributed by atoms with Gasteiger partial charge in [-0.1, -0.05) is 59.1 Å². The number of Topliss-reactive ketones (excluding diaryl/α,β-unsaturated/α-hetero) is 1. The maximum atomic E-state index is 13.1. The number of morpholine rings is 1. The highest BCUT2D eigenvalue weighted by Gasteiger charge is 2.46. The van der Waals surface area contributed by atoms with Crippen LogP contribution in [0.3, 0.4) is 0 Å². The number of hydrogen-bond acceptors (Lipinski definition) is 5. The van der Waals surface area contributed by atoms with Crippen molar-refractivity contribution in [2.75, 3.05) is 39.4 Å². The highest BCUT2D eigenvalue weighted by Crippen LogP contribution is 2.42. The zero-order chi connectivity index (χ0) is 23.5. The van der Waals surface area contributed by atoms with Crippen LogP contribution in [0.25, 0.3) is 5.76 Å². The molecular weight excluding hydrogens is 463 g/mol. The van der Waals surface area contributed by atoms with E-state index in [1.165, 1.54) is 4.90 Å². The lowest BCUT2D eigenvalue weighted by Crippen LogP contribution is -2.39. The van der Waals surface area contributed by atoms with Gasteiger partial charge in [-0.15, -0.1) is 0 Å². The number of aryl methyl sites for hydroxylation is 1. The third-order valence-corrected chi connectivity index (χ3v) is 6.66. The van der Waals surface area contributed by atoms with Crippen LogP contribution in [-0.2, 0) is 14.3 Å². The molecule has 0 saturated carbocycles. The fourth-order valence-electron chi connectivity index (χ4n) is 4.31. The van der Waals surface area contributed by atoms with Gasteiger partial charge in [-0.2, -0.15) is 0 Å². The van der Waals surface area contributed by atoms with Gasteiger partial charge in [0.1, 0.15) is 5.76 Å². The number of benzene rings is 2. The second kappa shape index (κ2) is 10.3. The third-order valence-electron chi connectivity index (χ3n) is 6.10. The monoisotopic (exact) mass is 488 g/mol. The van der Waals surface area contributed by atoms with Gasteiger partial charge < -0.3 is 14.7 Å². The SMILES string of the molecule is Cc1ccc(/C(O)=C2/C(=O)C(=O)N(CCCN3CCOCC3)C2c2ccc(Cl)cc2Cl)cc1. The molecule has 1 amide bonds. The van der Waals surface area contributed by atoms with Gasteiger partial charge in [0.25, 0.3) is 11.7 Å². The number of rotatable bonds is 6. The molecule has 0 aromatic heterocycles. The van der Waals surface area contributed by atoms with E-state index in [0.717, 1.165) is 25.2 Å². The summed E-state index contributed by atoms with van der Waals surface area (Å²) >= 11 is 12.6. The van der Waals surface area contributed by atoms with Gasteiger partial charge in [0.2, 0.25) is 0 Å². The Labute approximate surface area is 203 Å². The van der Waals surface area contributed by atoms with Crippen molar-refractivity contribution in [2.45, 2.75) is 19.4 Å². The van der Waals surface area contributed by atoms with Crippen molar-refractivity contribution in [3.63, 3.8) is 0 Å². The van der Waals surface area contributed by atoms with E-state index in [1.54, 1.807) is 30.3 Å². The number of nitrogens with zero attached hydrogens (tertiary/aromatic N) is 2. The topological polar surface area (TPSA) is 70.1 Å². The fourth-order valence-corrected chi connectivity index (χ4v) is 4.83. The number of ketones is 1. The molecule has 4 rings (SSSR count). The van der Waals surface area contributed by atoms with Crippen molar-refractivity contribution < 1.29 is 19.4 Å². The van der Waals surface area contributed by atoms with E-state index < -0.39 is 17.7 Å². The number of aliphatic hydroxyl groups is 1. The fraction of sp³-hybridized carbons (Fsp3) is 0.360. The smallest absolute Gasteiger partial charge is 0.295 e. The molecule has 2 saturated heterocycles. The Bertz CT molecular complexity index is 1080. The highest BCUT2D eigenvalue weighted by molar-refractivity contribution is 6.47. The maximum Gasteiger partial charge on any atom is 0.295 e. The summed E-state index contributed by atoms with van der Waals surface area (Å²) in [5, 5.41) is 11.9. The van der Waals surface area contributed by atoms with Crippen LogP contribution in [0.4, 0.5) is 0 Å². The molecule has 6 nitrogen and oxygen atoms in total. The molecule has 1 N–H and O–H groups in total. The molecule has 1 atom stereocenters. The van der Waals surface area contributed by atoms with Crippen LogP contribution in [0.5, 0.6) is 0 Å². The molecule has 2 fully saturated rings. The van der Waals surface area contributed by atoms with E-state index >= 15 is 0 Å². The zero-order valence-corrected chi connectivity index (χ0v) is 19.9. The van der Waals surface area contributed by atoms with Crippen molar-refractivity contribution in [3.8, 4) is 0 Å². The van der Waals surface area contributed by atoms with Gasteiger partial charge in [0.05, 0.1) is 24.8 Å². The molecule has 2 heterocycles. The minimum atomic E-state index is -0.791. The van der Waals surface area contributed by atoms with Crippen LogP contribution < -0.4 is 0 Å². The molecule has 2 aliphatic rings. The molecule has 2 aromatic rings. The first-order valence-corrected chi connectivity index (χ1v) is 11.7. The van der Waals surface area contributed by atoms with Crippen LogP contribution in [0.2, 0.25) is 10.0 Å². The Morgan fingerprint density at radius 2 is 1.76 bits per heavy atom. The Morgan fingerprint density at radius 3 is 2.42 bits per heavy atom. The van der Waals surface area contributed by atoms with Crippen LogP contribution in [0.1, 0.15) is 29.2 Å². The third kappa shape index (κ3) is 5.09. The Morgan fingerprint density at radius 1 is 1.06 bits per heavy atom. The predicted molar refractivity (Wildman–Crippen MR) is 129 cm³/mol. The van der Waals surface area contributed by atoms with Crippen molar-refractivity contribution in [1.29, 1.82) is 0 Å². The van der Waals surface area contributed by atoms with Crippen LogP contribution >= 0.6 is 23.2 Å². The first-order valence-electron chi connectivity index (χ1n) is 11.0. The summed E-state index contributed by atoms with van der Waals surface area (Å²) in [5.41, 5.74) is 2.09. The van der Waals surface area contributed by atoms with E-state index in [-0.39, 0.29) is 11.3 Å². The minimum Gasteiger partial charge on any atom is -0.507 e. The van der Waals surface area contributed by atoms with Gasteiger partial charge in [0, 0.05) is 41.8 Å². The largest absolute Gasteiger partial charge is 0.507 e. The standard InChI is InChI=1S/C25H26Cl2N2O4/c1-16-3-5-17(6-4-16)23(30)21-22(19-8-7-18(26)15-20(19)27)29(25(32)24(21)31)10-2-9-28-11-13-33-14-12-28/h3-8,15,22,30H,2,9-14H2,1H3/b23-21-. The number of hydrogen-bond donors (Lipinski definition) is 1. The number of likely N-dealkylation sites (tertiary alicyclic amines) is 1. The molecular formula is C25H26Cl2N2O4. The Hall–Kier alpha value is -2.38. The summed E-state index contributed by atoms with van der Waals surface area (Å²) in [4.78, 5) is 30.0. The molecule has 8 heteroatoms. The van der Waals surface area contributed by atoms with Gasteiger partial charge in [-0.3, -0.25) is 14.5 Å². The van der Waals surface area contributed by atoms with Gasteiger partial charge >= 0.3 is 0 Å². The molecule has 0 radical (unpaired) electrons. The molecule has 0 spiro atoms. The number of ether oxygens (including phenoxy) is 1. The second-order valence-corrected chi connectivity index (χ2v) is 9.18. The van der Waals surface area contributed by atoms with E-state index in [0.29, 0.717) is 47.4 Å². The summed E-state index contributed by atoms with van der Waals surface area (Å²) in [7, 11) is 0. The molecule has 1 unspecified atom stereocenters. The van der Waals surface area contributed by atoms with Crippen LogP contribution in [-0.4, -0.2) is 66.0 Å². The first kappa shape index (κ1) is 23.8. The lowest BCUT2D eigenvalue weighted by molar-refractivity contribution is -0.140. The molecule has 0 bridgehead atoms. The first-order chi connectivity index (χ1) is 15.9. The van der Waals surface area contributed by atoms with E-state index in [2.05, 4.69) is 4.90 Å². The van der Waals surface area contributed by atoms with Crippen molar-refractivity contribution in [3.05, 3.63) is 74.8 Å². The minimum absolute atomic E-state index is 0.0412. The van der Waals surface area contributed by atoms with Crippen LogP contribution in [0, 0.1) is 6.92 Å². The summed E-state index contributed by atoms with van der Waals surface area (Å²) in [6.07, 6.45) is 0.680. The zero-order valence-electron chi connectivity index (χ0n) is 18.4. The summed E-state index contributed by atoms with van der Waals surface area (Å²) < 4.78 is 5.39. The molecule has 2 aromatic carbocycles. The highest BCUT2D eigenvalue weighted by atomic mass is 35.5. The number of amides is 1. The van der Waals surface area contributed by atoms with Gasteiger partial charge in [-0.25, -0.2) is 0 Å². The molecule has 174 valence electrons. The maximum absolute atomic E-state index is 13.1. The molecule has 2 aliphatic heterocycles. The Kier molecular flexibility index (Phi) is 7.39. The number of halogens is 2. The van der Waals surface area contributed by atoms with Crippen molar-refractivity contribution in [2.24, 2.45) is 0 Å². The molecule has 0 aliphatic carbocycles. The lowest BCUT2D eigenvalue weighted by atomic mass is 9.95. The van der Waals surface area contributed by atoms with E-state index in [1.807, 2.05) is 19.1 Å². The average molecular weight is 489 g/mol. The lowest BCUT2D eigenvalue weighted by Gasteiger charge is -2.29. The van der Waals surface area contributed by atoms with E-state index in [4.69, 9.17) is 27.9 Å². The molecule has 33 heavy (non-hydrogen) atoms. The van der Waals surface area contributed by atoms with Gasteiger partial charge in [0.15, 0.2) is 0 Å².